The second kappa shape index (κ2) is 8.34. The van der Waals surface area contributed by atoms with E-state index >= 15 is 0 Å². The molecule has 0 saturated carbocycles. The van der Waals surface area contributed by atoms with Gasteiger partial charge in [-0.3, -0.25) is 15.0 Å². The molecule has 0 bridgehead atoms. The van der Waals surface area contributed by atoms with Gasteiger partial charge in [-0.1, -0.05) is 57.2 Å². The van der Waals surface area contributed by atoms with Crippen LogP contribution >= 0.6 is 0 Å². The summed E-state index contributed by atoms with van der Waals surface area (Å²) in [6, 6.07) is 15.0. The first-order chi connectivity index (χ1) is 13.9. The molecule has 0 radical (unpaired) electrons. The first-order valence-electron chi connectivity index (χ1n) is 9.63. The Hall–Kier alpha value is -3.35. The van der Waals surface area contributed by atoms with Gasteiger partial charge in [0.25, 0.3) is 11.8 Å². The van der Waals surface area contributed by atoms with Gasteiger partial charge < -0.3 is 10.1 Å². The molecule has 0 unspecified atom stereocenters. The number of hydrogen-bond donors (Lipinski definition) is 2. The molecular weight excluding hydrogens is 370 g/mol. The van der Waals surface area contributed by atoms with Crippen molar-refractivity contribution < 1.29 is 19.1 Å². The van der Waals surface area contributed by atoms with Crippen molar-refractivity contribution in [1.29, 1.82) is 0 Å². The number of imide groups is 1. The molecular formula is C22H25N3O4. The van der Waals surface area contributed by atoms with Crippen molar-refractivity contribution in [3.63, 3.8) is 0 Å². The van der Waals surface area contributed by atoms with E-state index in [0.717, 1.165) is 5.01 Å². The molecule has 1 atom stereocenters. The maximum Gasteiger partial charge on any atom is 0.344 e. The van der Waals surface area contributed by atoms with E-state index in [4.69, 9.17) is 4.74 Å². The first-order valence-corrected chi connectivity index (χ1v) is 9.63. The lowest BCUT2D eigenvalue weighted by molar-refractivity contribution is -0.133. The lowest BCUT2D eigenvalue weighted by atomic mass is 9.87. The molecule has 4 amide bonds. The van der Waals surface area contributed by atoms with Crippen LogP contribution in [-0.2, 0) is 10.3 Å². The number of carbonyl (C=O) groups is 3. The minimum absolute atomic E-state index is 0.292. The number of ether oxygens (including phenoxy) is 1. The molecule has 152 valence electrons. The summed E-state index contributed by atoms with van der Waals surface area (Å²) in [5.41, 5.74) is 2.18. The minimum atomic E-state index is -1.20. The molecule has 2 aromatic rings. The number of amides is 4. The highest BCUT2D eigenvalue weighted by molar-refractivity contribution is 6.09. The summed E-state index contributed by atoms with van der Waals surface area (Å²) in [6.07, 6.45) is 0.354. The Morgan fingerprint density at radius 3 is 2.52 bits per heavy atom. The smallest absolute Gasteiger partial charge is 0.344 e. The Balaban J connectivity index is 1.78. The van der Waals surface area contributed by atoms with Crippen molar-refractivity contribution in [1.82, 2.24) is 15.8 Å². The number of hydrazine groups is 1. The summed E-state index contributed by atoms with van der Waals surface area (Å²) >= 11 is 0. The van der Waals surface area contributed by atoms with Crippen molar-refractivity contribution in [2.24, 2.45) is 5.92 Å². The van der Waals surface area contributed by atoms with Gasteiger partial charge in [0.2, 0.25) is 0 Å². The van der Waals surface area contributed by atoms with E-state index in [2.05, 4.69) is 10.7 Å². The third-order valence-corrected chi connectivity index (χ3v) is 4.78. The van der Waals surface area contributed by atoms with E-state index in [-0.39, 0.29) is 0 Å². The van der Waals surface area contributed by atoms with E-state index in [0.29, 0.717) is 35.8 Å². The number of nitrogens with zero attached hydrogens (tertiary/aromatic N) is 1. The van der Waals surface area contributed by atoms with Crippen molar-refractivity contribution in [2.45, 2.75) is 32.7 Å². The lowest BCUT2D eigenvalue weighted by Gasteiger charge is -2.25. The van der Waals surface area contributed by atoms with Crippen molar-refractivity contribution in [3.05, 3.63) is 65.7 Å². The number of hydrogen-bond acceptors (Lipinski definition) is 4. The summed E-state index contributed by atoms with van der Waals surface area (Å²) in [5, 5.41) is 3.48. The highest BCUT2D eigenvalue weighted by Gasteiger charge is 2.52. The molecule has 2 N–H and O–H groups in total. The van der Waals surface area contributed by atoms with Crippen LogP contribution in [0.4, 0.5) is 4.79 Å². The molecule has 1 aliphatic rings. The summed E-state index contributed by atoms with van der Waals surface area (Å²) in [6.45, 7) is 6.39. The maximum absolute atomic E-state index is 13.1. The summed E-state index contributed by atoms with van der Waals surface area (Å²) in [7, 11) is 0. The minimum Gasteiger partial charge on any atom is -0.493 e. The SMILES string of the molecule is CC[C@]1(c2ccccc2)NC(=O)N(NC(=O)c2cccc(OCC(C)C)c2)C1=O. The fraction of sp³-hybridized carbons (Fsp3) is 0.318. The highest BCUT2D eigenvalue weighted by atomic mass is 16.5. The Labute approximate surface area is 170 Å². The van der Waals surface area contributed by atoms with Gasteiger partial charge in [0.1, 0.15) is 11.3 Å². The Morgan fingerprint density at radius 2 is 1.86 bits per heavy atom. The molecule has 3 rings (SSSR count). The second-order valence-electron chi connectivity index (χ2n) is 7.37. The normalized spacial score (nSPS) is 18.7. The second-order valence-corrected chi connectivity index (χ2v) is 7.37. The van der Waals surface area contributed by atoms with Crippen LogP contribution < -0.4 is 15.5 Å². The van der Waals surface area contributed by atoms with Gasteiger partial charge in [-0.25, -0.2) is 4.79 Å². The molecule has 7 nitrogen and oxygen atoms in total. The van der Waals surface area contributed by atoms with Gasteiger partial charge in [0.05, 0.1) is 6.61 Å². The lowest BCUT2D eigenvalue weighted by Crippen LogP contribution is -2.48. The van der Waals surface area contributed by atoms with E-state index in [1.54, 1.807) is 48.5 Å². The summed E-state index contributed by atoms with van der Waals surface area (Å²) in [4.78, 5) is 38.3. The van der Waals surface area contributed by atoms with Crippen LogP contribution in [0.5, 0.6) is 5.75 Å². The largest absolute Gasteiger partial charge is 0.493 e. The zero-order chi connectivity index (χ0) is 21.0. The number of carbonyl (C=O) groups excluding carboxylic acids is 3. The number of benzene rings is 2. The van der Waals surface area contributed by atoms with Crippen molar-refractivity contribution in [2.75, 3.05) is 6.61 Å². The molecule has 29 heavy (non-hydrogen) atoms. The topological polar surface area (TPSA) is 87.7 Å². The van der Waals surface area contributed by atoms with E-state index < -0.39 is 23.4 Å². The molecule has 0 aromatic heterocycles. The maximum atomic E-state index is 13.1. The molecule has 2 aromatic carbocycles. The standard InChI is InChI=1S/C22H25N3O4/c1-4-22(17-10-6-5-7-11-17)20(27)25(21(28)23-22)24-19(26)16-9-8-12-18(13-16)29-14-15(2)3/h5-13,15H,4,14H2,1-3H3,(H,23,28)(H,24,26)/t22-/m1/s1. The van der Waals surface area contributed by atoms with E-state index in [1.165, 1.54) is 0 Å². The van der Waals surface area contributed by atoms with Crippen LogP contribution in [-0.4, -0.2) is 29.5 Å². The van der Waals surface area contributed by atoms with Gasteiger partial charge in [0, 0.05) is 5.56 Å². The van der Waals surface area contributed by atoms with Gasteiger partial charge in [-0.2, -0.15) is 5.01 Å². The zero-order valence-corrected chi connectivity index (χ0v) is 16.8. The Bertz CT molecular complexity index is 913. The molecule has 1 saturated heterocycles. The predicted molar refractivity (Wildman–Crippen MR) is 108 cm³/mol. The van der Waals surface area contributed by atoms with E-state index in [1.807, 2.05) is 26.8 Å². The average molecular weight is 395 g/mol. The molecule has 0 aliphatic carbocycles. The average Bonchev–Trinajstić information content (AvgIpc) is 2.98. The van der Waals surface area contributed by atoms with Crippen molar-refractivity contribution >= 4 is 17.8 Å². The number of nitrogens with one attached hydrogen (secondary N) is 2. The Morgan fingerprint density at radius 1 is 1.14 bits per heavy atom. The van der Waals surface area contributed by atoms with Crippen LogP contribution in [0, 0.1) is 5.92 Å². The third-order valence-electron chi connectivity index (χ3n) is 4.78. The van der Waals surface area contributed by atoms with Gasteiger partial charge in [-0.15, -0.1) is 0 Å². The molecule has 7 heteroatoms. The van der Waals surface area contributed by atoms with Crippen LogP contribution in [0.1, 0.15) is 43.1 Å². The van der Waals surface area contributed by atoms with Crippen LogP contribution in [0.3, 0.4) is 0 Å². The van der Waals surface area contributed by atoms with Gasteiger partial charge in [-0.05, 0) is 36.1 Å². The summed E-state index contributed by atoms with van der Waals surface area (Å²) < 4.78 is 5.64. The van der Waals surface area contributed by atoms with Crippen molar-refractivity contribution in [3.8, 4) is 5.75 Å². The first kappa shape index (κ1) is 20.4. The monoisotopic (exact) mass is 395 g/mol. The predicted octanol–water partition coefficient (Wildman–Crippen LogP) is 3.22. The van der Waals surface area contributed by atoms with Crippen LogP contribution in [0.25, 0.3) is 0 Å². The van der Waals surface area contributed by atoms with Crippen LogP contribution in [0.2, 0.25) is 0 Å². The van der Waals surface area contributed by atoms with Crippen LogP contribution in [0.15, 0.2) is 54.6 Å². The fourth-order valence-corrected chi connectivity index (χ4v) is 3.19. The fourth-order valence-electron chi connectivity index (χ4n) is 3.19. The number of urea groups is 1. The quantitative estimate of drug-likeness (QED) is 0.705. The van der Waals surface area contributed by atoms with Gasteiger partial charge in [0.15, 0.2) is 0 Å². The molecule has 0 spiro atoms. The third kappa shape index (κ3) is 4.08. The molecule has 1 fully saturated rings. The zero-order valence-electron chi connectivity index (χ0n) is 16.8. The van der Waals surface area contributed by atoms with E-state index in [9.17, 15) is 14.4 Å². The highest BCUT2D eigenvalue weighted by Crippen LogP contribution is 2.31. The number of rotatable bonds is 7. The molecule has 1 heterocycles. The molecule has 1 aliphatic heterocycles. The van der Waals surface area contributed by atoms with Gasteiger partial charge >= 0.3 is 6.03 Å². The summed E-state index contributed by atoms with van der Waals surface area (Å²) in [5.74, 6) is -0.186. The Kier molecular flexibility index (Phi) is 5.87.